The lowest BCUT2D eigenvalue weighted by atomic mass is 10.1. The largest absolute Gasteiger partial charge is 0.344 e. The monoisotopic (exact) mass is 203 g/mol. The molecule has 0 aromatic carbocycles. The molecule has 15 heavy (non-hydrogen) atoms. The predicted molar refractivity (Wildman–Crippen MR) is 52.5 cm³/mol. The van der Waals surface area contributed by atoms with E-state index in [0.29, 0.717) is 6.42 Å². The molecule has 3 heterocycles. The molecule has 2 aromatic heterocycles. The number of nitrogens with one attached hydrogen (secondary N) is 3. The zero-order valence-electron chi connectivity index (χ0n) is 7.82. The van der Waals surface area contributed by atoms with Gasteiger partial charge in [0, 0.05) is 30.6 Å². The number of carbonyl (C=O) groups excluding carboxylic acids is 1. The molecule has 0 aliphatic carbocycles. The van der Waals surface area contributed by atoms with Crippen LogP contribution in [-0.2, 0) is 4.79 Å². The van der Waals surface area contributed by atoms with Gasteiger partial charge in [-0.1, -0.05) is 0 Å². The van der Waals surface area contributed by atoms with Crippen LogP contribution in [0.4, 0.5) is 0 Å². The van der Waals surface area contributed by atoms with Crippen molar-refractivity contribution in [2.24, 2.45) is 0 Å². The van der Waals surface area contributed by atoms with E-state index in [4.69, 9.17) is 0 Å². The third-order valence-corrected chi connectivity index (χ3v) is 2.49. The van der Waals surface area contributed by atoms with Crippen LogP contribution < -0.4 is 10.9 Å². The van der Waals surface area contributed by atoms with E-state index in [1.54, 1.807) is 12.4 Å². The van der Waals surface area contributed by atoms with Gasteiger partial charge in [-0.3, -0.25) is 15.2 Å². The Balaban J connectivity index is 2.07. The molecule has 76 valence electrons. The summed E-state index contributed by atoms with van der Waals surface area (Å²) in [7, 11) is 0. The predicted octanol–water partition coefficient (Wildman–Crippen LogP) is 0.0235. The summed E-state index contributed by atoms with van der Waals surface area (Å²) in [6.45, 7) is 0. The van der Waals surface area contributed by atoms with Crippen molar-refractivity contribution in [3.63, 3.8) is 0 Å². The normalized spacial score (nSPS) is 20.8. The molecule has 6 nitrogen and oxygen atoms in total. The first-order valence-corrected chi connectivity index (χ1v) is 4.67. The molecule has 0 unspecified atom stereocenters. The molecule has 3 N–H and O–H groups in total. The van der Waals surface area contributed by atoms with E-state index < -0.39 is 0 Å². The second kappa shape index (κ2) is 3.03. The van der Waals surface area contributed by atoms with Crippen LogP contribution in [0, 0.1) is 0 Å². The van der Waals surface area contributed by atoms with Crippen LogP contribution in [0.5, 0.6) is 0 Å². The Morgan fingerprint density at radius 2 is 2.20 bits per heavy atom. The van der Waals surface area contributed by atoms with Crippen molar-refractivity contribution in [1.82, 2.24) is 25.8 Å². The number of aromatic nitrogens is 3. The Morgan fingerprint density at radius 3 is 3.00 bits per heavy atom. The lowest BCUT2D eigenvalue weighted by molar-refractivity contribution is -0.119. The lowest BCUT2D eigenvalue weighted by Crippen LogP contribution is -2.27. The Morgan fingerprint density at radius 1 is 1.33 bits per heavy atom. The zero-order valence-corrected chi connectivity index (χ0v) is 7.82. The summed E-state index contributed by atoms with van der Waals surface area (Å²) in [5.41, 5.74) is 8.01. The van der Waals surface area contributed by atoms with Crippen LogP contribution in [0.2, 0.25) is 0 Å². The first-order chi connectivity index (χ1) is 7.34. The van der Waals surface area contributed by atoms with E-state index in [9.17, 15) is 4.79 Å². The highest BCUT2D eigenvalue weighted by Gasteiger charge is 2.25. The molecule has 0 radical (unpaired) electrons. The summed E-state index contributed by atoms with van der Waals surface area (Å²) in [6, 6.07) is -0.0250. The number of amides is 1. The summed E-state index contributed by atoms with van der Waals surface area (Å²) in [5, 5.41) is 0. The molecule has 1 aliphatic heterocycles. The summed E-state index contributed by atoms with van der Waals surface area (Å²) < 4.78 is 0. The van der Waals surface area contributed by atoms with E-state index in [1.807, 2.05) is 6.20 Å². The van der Waals surface area contributed by atoms with Crippen molar-refractivity contribution >= 4 is 17.1 Å². The maximum absolute atomic E-state index is 11.1. The SMILES string of the molecule is O=C1C[C@H](c2c[nH]c3nccnc23)NN1. The molecule has 0 spiro atoms. The van der Waals surface area contributed by atoms with Gasteiger partial charge < -0.3 is 4.98 Å². The van der Waals surface area contributed by atoms with Gasteiger partial charge in [0.2, 0.25) is 5.91 Å². The van der Waals surface area contributed by atoms with Crippen LogP contribution in [0.15, 0.2) is 18.6 Å². The molecular formula is C9H9N5O. The molecule has 0 bridgehead atoms. The first kappa shape index (κ1) is 8.37. The first-order valence-electron chi connectivity index (χ1n) is 4.67. The van der Waals surface area contributed by atoms with Gasteiger partial charge in [0.15, 0.2) is 5.65 Å². The summed E-state index contributed by atoms with van der Waals surface area (Å²) >= 11 is 0. The number of carbonyl (C=O) groups is 1. The number of hydrogen-bond donors (Lipinski definition) is 3. The summed E-state index contributed by atoms with van der Waals surface area (Å²) in [4.78, 5) is 22.5. The highest BCUT2D eigenvalue weighted by Crippen LogP contribution is 2.24. The van der Waals surface area contributed by atoms with Crippen LogP contribution in [0.1, 0.15) is 18.0 Å². The minimum absolute atomic E-state index is 0.00163. The zero-order chi connectivity index (χ0) is 10.3. The van der Waals surface area contributed by atoms with Crippen molar-refractivity contribution in [2.45, 2.75) is 12.5 Å². The van der Waals surface area contributed by atoms with E-state index in [-0.39, 0.29) is 11.9 Å². The fourth-order valence-corrected chi connectivity index (χ4v) is 1.78. The minimum atomic E-state index is -0.0250. The van der Waals surface area contributed by atoms with Crippen molar-refractivity contribution in [1.29, 1.82) is 0 Å². The number of rotatable bonds is 1. The standard InChI is InChI=1S/C9H9N5O/c15-7-3-6(13-14-7)5-4-12-9-8(5)10-1-2-11-9/h1-2,4,6,13H,3H2,(H,11,12)(H,14,15)/t6-/m1/s1. The number of hydrazine groups is 1. The van der Waals surface area contributed by atoms with Gasteiger partial charge in [-0.2, -0.15) is 0 Å². The van der Waals surface area contributed by atoms with Gasteiger partial charge in [0.05, 0.1) is 6.04 Å². The average molecular weight is 203 g/mol. The summed E-state index contributed by atoms with van der Waals surface area (Å²) in [5.74, 6) is -0.00163. The number of H-pyrrole nitrogens is 1. The van der Waals surface area contributed by atoms with Crippen LogP contribution in [0.25, 0.3) is 11.2 Å². The number of aromatic amines is 1. The van der Waals surface area contributed by atoms with E-state index in [1.165, 1.54) is 0 Å². The van der Waals surface area contributed by atoms with Crippen molar-refractivity contribution in [3.05, 3.63) is 24.2 Å². The Bertz CT molecular complexity index is 520. The van der Waals surface area contributed by atoms with E-state index >= 15 is 0 Å². The van der Waals surface area contributed by atoms with Gasteiger partial charge in [-0.25, -0.2) is 10.4 Å². The Kier molecular flexibility index (Phi) is 1.69. The van der Waals surface area contributed by atoms with E-state index in [0.717, 1.165) is 16.7 Å². The second-order valence-corrected chi connectivity index (χ2v) is 3.45. The van der Waals surface area contributed by atoms with Crippen LogP contribution >= 0.6 is 0 Å². The van der Waals surface area contributed by atoms with Gasteiger partial charge in [0.1, 0.15) is 5.52 Å². The van der Waals surface area contributed by atoms with Crippen molar-refractivity contribution < 1.29 is 4.79 Å². The molecule has 1 fully saturated rings. The third kappa shape index (κ3) is 1.26. The second-order valence-electron chi connectivity index (χ2n) is 3.45. The van der Waals surface area contributed by atoms with Gasteiger partial charge in [-0.15, -0.1) is 0 Å². The van der Waals surface area contributed by atoms with Crippen molar-refractivity contribution in [2.75, 3.05) is 0 Å². The fraction of sp³-hybridized carbons (Fsp3) is 0.222. The summed E-state index contributed by atoms with van der Waals surface area (Å²) in [6.07, 6.45) is 5.55. The van der Waals surface area contributed by atoms with Gasteiger partial charge in [-0.05, 0) is 0 Å². The highest BCUT2D eigenvalue weighted by atomic mass is 16.2. The van der Waals surface area contributed by atoms with Crippen LogP contribution in [0.3, 0.4) is 0 Å². The molecule has 1 atom stereocenters. The molecule has 3 rings (SSSR count). The molecule has 0 saturated carbocycles. The van der Waals surface area contributed by atoms with E-state index in [2.05, 4.69) is 25.8 Å². The Hall–Kier alpha value is -1.95. The van der Waals surface area contributed by atoms with Crippen LogP contribution in [-0.4, -0.2) is 20.9 Å². The molecule has 1 saturated heterocycles. The molecule has 1 aliphatic rings. The highest BCUT2D eigenvalue weighted by molar-refractivity contribution is 5.81. The van der Waals surface area contributed by atoms with Gasteiger partial charge >= 0.3 is 0 Å². The number of fused-ring (bicyclic) bond motifs is 1. The third-order valence-electron chi connectivity index (χ3n) is 2.49. The Labute approximate surface area is 85.1 Å². The smallest absolute Gasteiger partial charge is 0.236 e. The maximum Gasteiger partial charge on any atom is 0.236 e. The van der Waals surface area contributed by atoms with Gasteiger partial charge in [0.25, 0.3) is 0 Å². The molecule has 6 heteroatoms. The molecular weight excluding hydrogens is 194 g/mol. The minimum Gasteiger partial charge on any atom is -0.344 e. The van der Waals surface area contributed by atoms with Crippen molar-refractivity contribution in [3.8, 4) is 0 Å². The molecule has 2 aromatic rings. The molecule has 1 amide bonds. The topological polar surface area (TPSA) is 82.7 Å². The fourth-order valence-electron chi connectivity index (χ4n) is 1.78. The maximum atomic E-state index is 11.1. The quantitative estimate of drug-likeness (QED) is 0.610. The lowest BCUT2D eigenvalue weighted by Gasteiger charge is -2.05. The average Bonchev–Trinajstić information content (AvgIpc) is 2.83. The number of nitrogens with zero attached hydrogens (tertiary/aromatic N) is 2. The number of hydrogen-bond acceptors (Lipinski definition) is 4.